The minimum absolute atomic E-state index is 0.191. The highest BCUT2D eigenvalue weighted by Gasteiger charge is 2.30. The summed E-state index contributed by atoms with van der Waals surface area (Å²) in [7, 11) is 1.30. The van der Waals surface area contributed by atoms with Crippen LogP contribution < -0.4 is 26.4 Å². The van der Waals surface area contributed by atoms with E-state index in [0.29, 0.717) is 30.0 Å². The molecule has 1 aromatic heterocycles. The van der Waals surface area contributed by atoms with E-state index in [1.165, 1.54) is 13.3 Å². The van der Waals surface area contributed by atoms with Crippen molar-refractivity contribution in [1.29, 1.82) is 0 Å². The predicted molar refractivity (Wildman–Crippen MR) is 164 cm³/mol. The van der Waals surface area contributed by atoms with Gasteiger partial charge in [0.15, 0.2) is 0 Å². The third-order valence-electron chi connectivity index (χ3n) is 7.14. The van der Waals surface area contributed by atoms with Gasteiger partial charge in [-0.15, -0.1) is 0 Å². The molecule has 0 spiro atoms. The highest BCUT2D eigenvalue weighted by Crippen LogP contribution is 2.24. The molecule has 2 N–H and O–H groups in total. The zero-order chi connectivity index (χ0) is 29.6. The number of hydrogen-bond donors (Lipinski definition) is 2. The molecule has 2 aromatic carbocycles. The lowest BCUT2D eigenvalue weighted by Crippen LogP contribution is -2.46. The lowest BCUT2D eigenvalue weighted by Gasteiger charge is -2.29. The van der Waals surface area contributed by atoms with Gasteiger partial charge in [-0.05, 0) is 42.7 Å². The van der Waals surface area contributed by atoms with Crippen LogP contribution in [0.3, 0.4) is 0 Å². The van der Waals surface area contributed by atoms with Gasteiger partial charge in [0.25, 0.3) is 16.8 Å². The minimum atomic E-state index is -0.861. The van der Waals surface area contributed by atoms with E-state index >= 15 is 0 Å². The van der Waals surface area contributed by atoms with E-state index in [9.17, 15) is 19.2 Å². The second-order valence-corrected chi connectivity index (χ2v) is 10.3. The first kappa shape index (κ1) is 31.5. The molecule has 0 unspecified atom stereocenters. The number of carbonyl (C=O) groups is 2. The van der Waals surface area contributed by atoms with Crippen molar-refractivity contribution in [2.24, 2.45) is 0 Å². The largest absolute Gasteiger partial charge is 0.467 e. The van der Waals surface area contributed by atoms with Crippen LogP contribution in [0, 0.1) is 0 Å². The van der Waals surface area contributed by atoms with E-state index in [0.717, 1.165) is 56.9 Å². The van der Waals surface area contributed by atoms with Gasteiger partial charge in [0.1, 0.15) is 17.4 Å². The summed E-state index contributed by atoms with van der Waals surface area (Å²) in [5.74, 6) is -0.808. The summed E-state index contributed by atoms with van der Waals surface area (Å²) in [6.07, 6.45) is 11.8. The Bertz CT molecular complexity index is 1300. The van der Waals surface area contributed by atoms with E-state index in [1.807, 2.05) is 4.90 Å². The minimum Gasteiger partial charge on any atom is -0.467 e. The van der Waals surface area contributed by atoms with E-state index < -0.39 is 22.9 Å². The third kappa shape index (κ3) is 8.99. The maximum atomic E-state index is 12.8. The smallest absolute Gasteiger partial charge is 0.328 e. The second-order valence-electron chi connectivity index (χ2n) is 10.3. The number of anilines is 3. The van der Waals surface area contributed by atoms with Crippen molar-refractivity contribution >= 4 is 28.9 Å². The summed E-state index contributed by atoms with van der Waals surface area (Å²) < 4.78 is 5.02. The van der Waals surface area contributed by atoms with Crippen LogP contribution in [-0.4, -0.2) is 43.1 Å². The van der Waals surface area contributed by atoms with Crippen LogP contribution in [0.25, 0.3) is 0 Å². The molecule has 0 saturated carbocycles. The van der Waals surface area contributed by atoms with Crippen molar-refractivity contribution in [1.82, 2.24) is 4.98 Å². The fourth-order valence-corrected chi connectivity index (χ4v) is 4.78. The molecule has 9 nitrogen and oxygen atoms in total. The zero-order valence-electron chi connectivity index (χ0n) is 24.4. The molecule has 41 heavy (non-hydrogen) atoms. The van der Waals surface area contributed by atoms with E-state index in [-0.39, 0.29) is 18.0 Å². The number of nitrogens with one attached hydrogen (secondary N) is 2. The van der Waals surface area contributed by atoms with Crippen molar-refractivity contribution in [3.05, 3.63) is 80.4 Å². The molecule has 1 atom stereocenters. The molecule has 0 aliphatic rings. The first-order chi connectivity index (χ1) is 19.9. The van der Waals surface area contributed by atoms with Gasteiger partial charge in [-0.2, -0.15) is 0 Å². The quantitative estimate of drug-likeness (QED) is 0.125. The molecule has 1 heterocycles. The fraction of sp³-hybridized carbons (Fsp3) is 0.469. The van der Waals surface area contributed by atoms with Crippen LogP contribution in [0.1, 0.15) is 81.1 Å². The first-order valence-corrected chi connectivity index (χ1v) is 14.6. The van der Waals surface area contributed by atoms with Crippen molar-refractivity contribution in [2.45, 2.75) is 77.7 Å². The number of esters is 1. The Balaban J connectivity index is 1.73. The SMILES string of the molecule is CCCCCCN(CCCCCC)c1c(N[C@@H](Cc2ccc(NC(=O)c3cccnc3)cc2)C(=O)OC)c(=O)c1=O. The number of nitrogens with zero attached hydrogens (tertiary/aromatic N) is 2. The number of ether oxygens (including phenoxy) is 1. The van der Waals surface area contributed by atoms with Gasteiger partial charge >= 0.3 is 5.97 Å². The van der Waals surface area contributed by atoms with E-state index in [2.05, 4.69) is 29.5 Å². The number of benzene rings is 1. The Hall–Kier alpha value is -4.01. The normalized spacial score (nSPS) is 11.7. The summed E-state index contributed by atoms with van der Waals surface area (Å²) in [4.78, 5) is 56.6. The number of aromatic nitrogens is 1. The number of unbranched alkanes of at least 4 members (excludes halogenated alkanes) is 6. The summed E-state index contributed by atoms with van der Waals surface area (Å²) in [6.45, 7) is 5.70. The van der Waals surface area contributed by atoms with Crippen molar-refractivity contribution in [3.8, 4) is 0 Å². The molecule has 0 bridgehead atoms. The van der Waals surface area contributed by atoms with E-state index in [1.54, 1.807) is 42.6 Å². The second kappa shape index (κ2) is 16.3. The van der Waals surface area contributed by atoms with Crippen LogP contribution in [0.4, 0.5) is 17.1 Å². The van der Waals surface area contributed by atoms with Gasteiger partial charge in [0.05, 0.1) is 12.7 Å². The predicted octanol–water partition coefficient (Wildman–Crippen LogP) is 5.09. The topological polar surface area (TPSA) is 118 Å². The Labute approximate surface area is 242 Å². The maximum absolute atomic E-state index is 12.8. The van der Waals surface area contributed by atoms with Crippen LogP contribution in [0.15, 0.2) is 58.4 Å². The molecule has 3 aromatic rings. The Morgan fingerprint density at radius 2 is 1.56 bits per heavy atom. The Morgan fingerprint density at radius 3 is 2.12 bits per heavy atom. The average molecular weight is 563 g/mol. The average Bonchev–Trinajstić information content (AvgIpc) is 3.00. The van der Waals surface area contributed by atoms with Gasteiger partial charge in [-0.3, -0.25) is 19.4 Å². The summed E-state index contributed by atoms with van der Waals surface area (Å²) in [5, 5.41) is 5.87. The molecule has 220 valence electrons. The molecular weight excluding hydrogens is 520 g/mol. The van der Waals surface area contributed by atoms with Gasteiger partial charge in [0, 0.05) is 37.6 Å². The monoisotopic (exact) mass is 562 g/mol. The molecule has 0 fully saturated rings. The van der Waals surface area contributed by atoms with Crippen LogP contribution >= 0.6 is 0 Å². The van der Waals surface area contributed by atoms with Crippen LogP contribution in [-0.2, 0) is 16.0 Å². The number of rotatable bonds is 18. The maximum Gasteiger partial charge on any atom is 0.328 e. The summed E-state index contributed by atoms with van der Waals surface area (Å²) >= 11 is 0. The summed E-state index contributed by atoms with van der Waals surface area (Å²) in [6, 6.07) is 9.60. The van der Waals surface area contributed by atoms with Gasteiger partial charge < -0.3 is 20.3 Å². The van der Waals surface area contributed by atoms with E-state index in [4.69, 9.17) is 4.74 Å². The highest BCUT2D eigenvalue weighted by molar-refractivity contribution is 6.04. The molecule has 0 saturated heterocycles. The Kier molecular flexibility index (Phi) is 12.5. The molecule has 0 radical (unpaired) electrons. The standard InChI is InChI=1S/C32H42N4O5/c1-4-6-8-10-19-36(20-11-9-7-5-2)28-27(29(37)30(28)38)35-26(32(40)41-3)21-23-14-16-25(17-15-23)34-31(39)24-13-12-18-33-22-24/h12-18,22,26,35H,4-11,19-21H2,1-3H3,(H,34,39)/t26-/m0/s1. The first-order valence-electron chi connectivity index (χ1n) is 14.6. The molecule has 1 amide bonds. The number of pyridine rings is 1. The highest BCUT2D eigenvalue weighted by atomic mass is 16.5. The fourth-order valence-electron chi connectivity index (χ4n) is 4.78. The van der Waals surface area contributed by atoms with Crippen LogP contribution in [0.5, 0.6) is 0 Å². The zero-order valence-corrected chi connectivity index (χ0v) is 24.4. The van der Waals surface area contributed by atoms with Crippen molar-refractivity contribution < 1.29 is 14.3 Å². The lowest BCUT2D eigenvalue weighted by atomic mass is 10.0. The molecule has 0 aliphatic heterocycles. The summed E-state index contributed by atoms with van der Waals surface area (Å²) in [5.41, 5.74) is 1.30. The van der Waals surface area contributed by atoms with Gasteiger partial charge in [-0.1, -0.05) is 64.5 Å². The Morgan fingerprint density at radius 1 is 0.902 bits per heavy atom. The third-order valence-corrected chi connectivity index (χ3v) is 7.14. The number of carbonyl (C=O) groups excluding carboxylic acids is 2. The van der Waals surface area contributed by atoms with Crippen LogP contribution in [0.2, 0.25) is 0 Å². The van der Waals surface area contributed by atoms with Crippen molar-refractivity contribution in [3.63, 3.8) is 0 Å². The number of hydrogen-bond acceptors (Lipinski definition) is 8. The van der Waals surface area contributed by atoms with Crippen molar-refractivity contribution in [2.75, 3.05) is 35.7 Å². The molecule has 0 aliphatic carbocycles. The molecule has 9 heteroatoms. The van der Waals surface area contributed by atoms with Gasteiger partial charge in [-0.25, -0.2) is 4.79 Å². The number of amides is 1. The molecule has 3 rings (SSSR count). The molecular formula is C32H42N4O5. The number of methoxy groups -OCH3 is 1. The van der Waals surface area contributed by atoms with Gasteiger partial charge in [0.2, 0.25) is 0 Å². The lowest BCUT2D eigenvalue weighted by molar-refractivity contribution is -0.141.